The van der Waals surface area contributed by atoms with E-state index in [1.54, 1.807) is 4.90 Å². The van der Waals surface area contributed by atoms with Gasteiger partial charge in [0.1, 0.15) is 5.82 Å². The quantitative estimate of drug-likeness (QED) is 0.864. The number of amides is 1. The molecule has 2 rings (SSSR count). The first kappa shape index (κ1) is 17.7. The van der Waals surface area contributed by atoms with Gasteiger partial charge in [0, 0.05) is 24.7 Å². The van der Waals surface area contributed by atoms with Crippen molar-refractivity contribution in [3.8, 4) is 0 Å². The Balaban J connectivity index is 2.21. The number of hydrogen-bond acceptors (Lipinski definition) is 4. The Morgan fingerprint density at radius 3 is 2.78 bits per heavy atom. The van der Waals surface area contributed by atoms with Crippen LogP contribution in [0.5, 0.6) is 0 Å². The molecule has 6 nitrogen and oxygen atoms in total. The molecule has 0 saturated carbocycles. The van der Waals surface area contributed by atoms with E-state index in [9.17, 15) is 17.6 Å². The van der Waals surface area contributed by atoms with E-state index in [2.05, 4.69) is 4.72 Å². The topological polar surface area (TPSA) is 92.5 Å². The highest BCUT2D eigenvalue weighted by molar-refractivity contribution is 7.92. The molecule has 1 aromatic rings. The van der Waals surface area contributed by atoms with E-state index in [1.165, 1.54) is 12.1 Å². The monoisotopic (exact) mass is 343 g/mol. The van der Waals surface area contributed by atoms with Crippen LogP contribution in [0.25, 0.3) is 0 Å². The molecule has 1 saturated heterocycles. The van der Waals surface area contributed by atoms with Gasteiger partial charge in [-0.05, 0) is 43.9 Å². The van der Waals surface area contributed by atoms with Gasteiger partial charge in [0.2, 0.25) is 10.0 Å². The average Bonchev–Trinajstić information content (AvgIpc) is 2.47. The number of carbonyl (C=O) groups excluding carboxylic acids is 1. The van der Waals surface area contributed by atoms with Gasteiger partial charge in [-0.25, -0.2) is 12.8 Å². The molecule has 0 bridgehead atoms. The van der Waals surface area contributed by atoms with Crippen LogP contribution >= 0.6 is 0 Å². The molecule has 2 unspecified atom stereocenters. The van der Waals surface area contributed by atoms with E-state index in [4.69, 9.17) is 5.73 Å². The van der Waals surface area contributed by atoms with E-state index in [-0.39, 0.29) is 29.1 Å². The summed E-state index contributed by atoms with van der Waals surface area (Å²) in [4.78, 5) is 14.3. The fraction of sp³-hybridized carbons (Fsp3) is 0.533. The summed E-state index contributed by atoms with van der Waals surface area (Å²) < 4.78 is 38.3. The van der Waals surface area contributed by atoms with Crippen molar-refractivity contribution >= 4 is 21.6 Å². The Morgan fingerprint density at radius 2 is 2.17 bits per heavy atom. The summed E-state index contributed by atoms with van der Waals surface area (Å²) in [6.07, 6.45) is 2.78. The molecule has 0 radical (unpaired) electrons. The third-order valence-corrected chi connectivity index (χ3v) is 4.59. The van der Waals surface area contributed by atoms with Crippen LogP contribution in [0, 0.1) is 11.7 Å². The molecule has 128 valence electrons. The van der Waals surface area contributed by atoms with Gasteiger partial charge in [-0.15, -0.1) is 0 Å². The molecule has 2 atom stereocenters. The first-order valence-corrected chi connectivity index (χ1v) is 9.38. The highest BCUT2D eigenvalue weighted by Crippen LogP contribution is 2.23. The number of nitrogens with zero attached hydrogens (tertiary/aromatic N) is 1. The molecular formula is C15H22FN3O3S. The van der Waals surface area contributed by atoms with Crippen LogP contribution in [-0.2, 0) is 10.0 Å². The van der Waals surface area contributed by atoms with Gasteiger partial charge < -0.3 is 10.6 Å². The fourth-order valence-electron chi connectivity index (χ4n) is 2.74. The summed E-state index contributed by atoms with van der Waals surface area (Å²) in [7, 11) is -3.62. The third kappa shape index (κ3) is 4.65. The van der Waals surface area contributed by atoms with Crippen molar-refractivity contribution in [2.24, 2.45) is 11.7 Å². The van der Waals surface area contributed by atoms with E-state index < -0.39 is 15.8 Å². The van der Waals surface area contributed by atoms with Gasteiger partial charge in [0.15, 0.2) is 0 Å². The van der Waals surface area contributed by atoms with E-state index in [0.29, 0.717) is 13.1 Å². The lowest BCUT2D eigenvalue weighted by atomic mass is 9.92. The fourth-order valence-corrected chi connectivity index (χ4v) is 3.30. The normalized spacial score (nSPS) is 20.2. The summed E-state index contributed by atoms with van der Waals surface area (Å²) >= 11 is 0. The van der Waals surface area contributed by atoms with Crippen LogP contribution in [0.1, 0.15) is 30.1 Å². The molecule has 1 aliphatic heterocycles. The molecule has 0 spiro atoms. The van der Waals surface area contributed by atoms with Crippen molar-refractivity contribution < 1.29 is 17.6 Å². The Hall–Kier alpha value is -1.67. The molecule has 3 N–H and O–H groups in total. The van der Waals surface area contributed by atoms with Gasteiger partial charge in [-0.3, -0.25) is 9.52 Å². The summed E-state index contributed by atoms with van der Waals surface area (Å²) in [5.41, 5.74) is 5.95. The number of likely N-dealkylation sites (tertiary alicyclic amines) is 1. The van der Waals surface area contributed by atoms with E-state index in [1.807, 2.05) is 6.92 Å². The highest BCUT2D eigenvalue weighted by atomic mass is 32.2. The summed E-state index contributed by atoms with van der Waals surface area (Å²) in [6.45, 7) is 3.10. The average molecular weight is 343 g/mol. The van der Waals surface area contributed by atoms with E-state index >= 15 is 0 Å². The Bertz CT molecular complexity index is 691. The minimum Gasteiger partial charge on any atom is -0.338 e. The second-order valence-electron chi connectivity index (χ2n) is 6.08. The highest BCUT2D eigenvalue weighted by Gasteiger charge is 2.27. The lowest BCUT2D eigenvalue weighted by molar-refractivity contribution is 0.0661. The van der Waals surface area contributed by atoms with Crippen molar-refractivity contribution in [3.63, 3.8) is 0 Å². The largest absolute Gasteiger partial charge is 0.338 e. The zero-order valence-corrected chi connectivity index (χ0v) is 14.1. The lowest BCUT2D eigenvalue weighted by Gasteiger charge is -2.34. The molecule has 8 heteroatoms. The van der Waals surface area contributed by atoms with Crippen LogP contribution in [0.15, 0.2) is 18.2 Å². The maximum absolute atomic E-state index is 13.7. The van der Waals surface area contributed by atoms with Crippen LogP contribution in [0.2, 0.25) is 0 Å². The predicted octanol–water partition coefficient (Wildman–Crippen LogP) is 1.40. The number of carbonyl (C=O) groups is 1. The van der Waals surface area contributed by atoms with Crippen LogP contribution < -0.4 is 10.5 Å². The molecule has 23 heavy (non-hydrogen) atoms. The molecule has 1 aromatic carbocycles. The minimum absolute atomic E-state index is 0.00119. The first-order valence-electron chi connectivity index (χ1n) is 7.49. The number of piperidine rings is 1. The van der Waals surface area contributed by atoms with Gasteiger partial charge >= 0.3 is 0 Å². The second kappa shape index (κ2) is 6.84. The first-order chi connectivity index (χ1) is 10.7. The zero-order valence-electron chi connectivity index (χ0n) is 13.3. The van der Waals surface area contributed by atoms with Gasteiger partial charge in [-0.1, -0.05) is 0 Å². The molecule has 0 aliphatic carbocycles. The molecule has 1 aliphatic rings. The Kier molecular flexibility index (Phi) is 5.26. The molecule has 1 amide bonds. The van der Waals surface area contributed by atoms with E-state index in [0.717, 1.165) is 25.2 Å². The van der Waals surface area contributed by atoms with Gasteiger partial charge in [0.25, 0.3) is 5.91 Å². The molecule has 1 fully saturated rings. The van der Waals surface area contributed by atoms with Crippen molar-refractivity contribution in [1.82, 2.24) is 4.90 Å². The smallest absolute Gasteiger partial charge is 0.253 e. The zero-order chi connectivity index (χ0) is 17.2. The van der Waals surface area contributed by atoms with Gasteiger partial charge in [0.05, 0.1) is 11.9 Å². The standard InChI is InChI=1S/C15H22FN3O3S/c1-10(17)12-4-3-7-19(9-12)15(20)11-5-6-13(16)14(8-11)18-23(2,21)22/h5-6,8,10,12,18H,3-4,7,9,17H2,1-2H3. The lowest BCUT2D eigenvalue weighted by Crippen LogP contribution is -2.45. The van der Waals surface area contributed by atoms with Crippen LogP contribution in [0.4, 0.5) is 10.1 Å². The Morgan fingerprint density at radius 1 is 1.48 bits per heavy atom. The number of benzene rings is 1. The molecular weight excluding hydrogens is 321 g/mol. The number of sulfonamides is 1. The van der Waals surface area contributed by atoms with Gasteiger partial charge in [-0.2, -0.15) is 0 Å². The number of anilines is 1. The third-order valence-electron chi connectivity index (χ3n) is 4.00. The van der Waals surface area contributed by atoms with Crippen LogP contribution in [0.3, 0.4) is 0 Å². The molecule has 0 aromatic heterocycles. The summed E-state index contributed by atoms with van der Waals surface area (Å²) in [5, 5.41) is 0. The van der Waals surface area contributed by atoms with Crippen molar-refractivity contribution in [2.45, 2.75) is 25.8 Å². The summed E-state index contributed by atoms with van der Waals surface area (Å²) in [6, 6.07) is 3.68. The number of nitrogens with one attached hydrogen (secondary N) is 1. The van der Waals surface area contributed by atoms with Crippen molar-refractivity contribution in [2.75, 3.05) is 24.1 Å². The predicted molar refractivity (Wildman–Crippen MR) is 87.1 cm³/mol. The van der Waals surface area contributed by atoms with Crippen molar-refractivity contribution in [1.29, 1.82) is 0 Å². The number of hydrogen-bond donors (Lipinski definition) is 2. The maximum atomic E-state index is 13.7. The SMILES string of the molecule is CC(N)C1CCCN(C(=O)c2ccc(F)c(NS(C)(=O)=O)c2)C1. The molecule has 1 heterocycles. The number of rotatable bonds is 4. The maximum Gasteiger partial charge on any atom is 0.253 e. The number of nitrogens with two attached hydrogens (primary N) is 1. The second-order valence-corrected chi connectivity index (χ2v) is 7.83. The Labute approximate surface area is 135 Å². The minimum atomic E-state index is -3.62. The van der Waals surface area contributed by atoms with Crippen LogP contribution in [-0.4, -0.2) is 44.6 Å². The number of halogens is 1. The van der Waals surface area contributed by atoms with Crippen molar-refractivity contribution in [3.05, 3.63) is 29.6 Å². The summed E-state index contributed by atoms with van der Waals surface area (Å²) in [5.74, 6) is -0.729.